The Balaban J connectivity index is 1.43. The number of halogens is 4. The Morgan fingerprint density at radius 3 is 1.87 bits per heavy atom. The molecular formula is C19H9Cl4N3O2S3. The summed E-state index contributed by atoms with van der Waals surface area (Å²) in [5.41, 5.74) is 2.73. The van der Waals surface area contributed by atoms with Gasteiger partial charge in [0.15, 0.2) is 5.13 Å². The largest absolute Gasteiger partial charge is 0.322 e. The number of aromatic nitrogens is 1. The fraction of sp³-hybridized carbons (Fsp3) is 0. The molecule has 3 heterocycles. The molecular weight excluding hydrogens is 540 g/mol. The van der Waals surface area contributed by atoms with Crippen LogP contribution in [0.15, 0.2) is 41.8 Å². The highest BCUT2D eigenvalue weighted by molar-refractivity contribution is 7.20. The van der Waals surface area contributed by atoms with Gasteiger partial charge in [-0.05, 0) is 24.3 Å². The van der Waals surface area contributed by atoms with Crippen LogP contribution in [0.4, 0.5) is 10.8 Å². The van der Waals surface area contributed by atoms with Crippen molar-refractivity contribution in [3.63, 3.8) is 0 Å². The number of amides is 2. The van der Waals surface area contributed by atoms with E-state index in [0.29, 0.717) is 45.0 Å². The molecule has 4 rings (SSSR count). The number of nitrogens with zero attached hydrogens (tertiary/aromatic N) is 1. The van der Waals surface area contributed by atoms with E-state index in [0.717, 1.165) is 28.2 Å². The number of carbonyl (C=O) groups excluding carboxylic acids is 2. The molecule has 4 aromatic rings. The van der Waals surface area contributed by atoms with Crippen molar-refractivity contribution in [1.29, 1.82) is 0 Å². The van der Waals surface area contributed by atoms with E-state index >= 15 is 0 Å². The van der Waals surface area contributed by atoms with Crippen molar-refractivity contribution in [1.82, 2.24) is 4.98 Å². The predicted molar refractivity (Wildman–Crippen MR) is 132 cm³/mol. The fourth-order valence-electron chi connectivity index (χ4n) is 2.54. The summed E-state index contributed by atoms with van der Waals surface area (Å²) < 4.78 is 1.54. The summed E-state index contributed by atoms with van der Waals surface area (Å²) in [4.78, 5) is 29.1. The summed E-state index contributed by atoms with van der Waals surface area (Å²) in [5, 5.41) is 7.74. The number of thiazole rings is 1. The van der Waals surface area contributed by atoms with Crippen LogP contribution in [0.1, 0.15) is 20.7 Å². The number of benzene rings is 1. The zero-order valence-electron chi connectivity index (χ0n) is 15.0. The van der Waals surface area contributed by atoms with E-state index < -0.39 is 0 Å². The number of hydrogen-bond donors (Lipinski definition) is 2. The van der Waals surface area contributed by atoms with E-state index in [1.165, 1.54) is 23.5 Å². The topological polar surface area (TPSA) is 71.1 Å². The Morgan fingerprint density at radius 2 is 1.35 bits per heavy atom. The standard InChI is InChI=1S/C19H9Cl4N3O2S3/c20-13-5-10(15(22)30-13)17(27)24-9-3-1-8(2-4-9)12-7-29-19(25-12)26-18(28)11-6-14(21)31-16(11)23/h1-7H,(H,24,27)(H,25,26,28). The molecule has 2 amide bonds. The van der Waals surface area contributed by atoms with Crippen molar-refractivity contribution < 1.29 is 9.59 Å². The lowest BCUT2D eigenvalue weighted by molar-refractivity contribution is 0.101. The molecule has 0 radical (unpaired) electrons. The second-order valence-electron chi connectivity index (χ2n) is 6.00. The molecule has 3 aromatic heterocycles. The molecule has 2 N–H and O–H groups in total. The van der Waals surface area contributed by atoms with Crippen molar-refractivity contribution in [2.24, 2.45) is 0 Å². The quantitative estimate of drug-likeness (QED) is 0.265. The molecule has 0 fully saturated rings. The number of anilines is 2. The van der Waals surface area contributed by atoms with E-state index in [4.69, 9.17) is 46.4 Å². The maximum Gasteiger partial charge on any atom is 0.259 e. The van der Waals surface area contributed by atoms with Crippen LogP contribution in [0, 0.1) is 0 Å². The first kappa shape index (κ1) is 22.5. The summed E-state index contributed by atoms with van der Waals surface area (Å²) >= 11 is 27.4. The summed E-state index contributed by atoms with van der Waals surface area (Å²) in [7, 11) is 0. The van der Waals surface area contributed by atoms with E-state index in [1.807, 2.05) is 17.5 Å². The number of nitrogens with one attached hydrogen (secondary N) is 2. The second-order valence-corrected chi connectivity index (χ2v) is 11.4. The maximum absolute atomic E-state index is 12.3. The zero-order chi connectivity index (χ0) is 22.1. The van der Waals surface area contributed by atoms with Gasteiger partial charge >= 0.3 is 0 Å². The predicted octanol–water partition coefficient (Wildman–Crippen LogP) is 8.05. The average molecular weight is 549 g/mol. The molecule has 0 saturated heterocycles. The minimum atomic E-state index is -0.376. The number of carbonyl (C=O) groups is 2. The van der Waals surface area contributed by atoms with E-state index in [9.17, 15) is 9.59 Å². The molecule has 31 heavy (non-hydrogen) atoms. The van der Waals surface area contributed by atoms with Crippen molar-refractivity contribution in [2.75, 3.05) is 10.6 Å². The number of thiophene rings is 2. The molecule has 0 aliphatic rings. The highest BCUT2D eigenvalue weighted by Gasteiger charge is 2.17. The third-order valence-corrected chi connectivity index (χ3v) is 7.70. The lowest BCUT2D eigenvalue weighted by Gasteiger charge is -2.05. The van der Waals surface area contributed by atoms with Gasteiger partial charge in [0, 0.05) is 16.6 Å². The third kappa shape index (κ3) is 5.23. The Kier molecular flexibility index (Phi) is 6.88. The van der Waals surface area contributed by atoms with Gasteiger partial charge in [-0.15, -0.1) is 34.0 Å². The van der Waals surface area contributed by atoms with Crippen LogP contribution in [-0.2, 0) is 0 Å². The van der Waals surface area contributed by atoms with Gasteiger partial charge in [0.1, 0.15) is 8.67 Å². The van der Waals surface area contributed by atoms with Crippen molar-refractivity contribution in [3.8, 4) is 11.3 Å². The SMILES string of the molecule is O=C(Nc1ccc(-c2csc(NC(=O)c3cc(Cl)sc3Cl)n2)cc1)c1cc(Cl)sc1Cl. The molecule has 1 aromatic carbocycles. The molecule has 0 aliphatic heterocycles. The lowest BCUT2D eigenvalue weighted by atomic mass is 10.1. The molecule has 12 heteroatoms. The van der Waals surface area contributed by atoms with Crippen molar-refractivity contribution in [2.45, 2.75) is 0 Å². The molecule has 0 bridgehead atoms. The highest BCUT2D eigenvalue weighted by Crippen LogP contribution is 2.33. The zero-order valence-corrected chi connectivity index (χ0v) is 20.5. The van der Waals surface area contributed by atoms with Gasteiger partial charge in [-0.25, -0.2) is 4.98 Å². The van der Waals surface area contributed by atoms with Crippen LogP contribution in [0.2, 0.25) is 17.3 Å². The van der Waals surface area contributed by atoms with Crippen LogP contribution in [0.25, 0.3) is 11.3 Å². The third-order valence-electron chi connectivity index (χ3n) is 3.97. The van der Waals surface area contributed by atoms with Crippen LogP contribution < -0.4 is 10.6 Å². The number of hydrogen-bond acceptors (Lipinski definition) is 6. The van der Waals surface area contributed by atoms with Gasteiger partial charge in [-0.2, -0.15) is 0 Å². The minimum absolute atomic E-state index is 0.306. The van der Waals surface area contributed by atoms with Gasteiger partial charge in [-0.3, -0.25) is 14.9 Å². The van der Waals surface area contributed by atoms with E-state index in [2.05, 4.69) is 15.6 Å². The summed E-state index contributed by atoms with van der Waals surface area (Å²) in [6.45, 7) is 0. The molecule has 0 saturated carbocycles. The molecule has 158 valence electrons. The van der Waals surface area contributed by atoms with Gasteiger partial charge < -0.3 is 5.32 Å². The van der Waals surface area contributed by atoms with Crippen LogP contribution in [0.5, 0.6) is 0 Å². The van der Waals surface area contributed by atoms with Crippen molar-refractivity contribution >= 4 is 103 Å². The Morgan fingerprint density at radius 1 is 0.806 bits per heavy atom. The average Bonchev–Trinajstić information content (AvgIpc) is 3.41. The maximum atomic E-state index is 12.3. The van der Waals surface area contributed by atoms with Gasteiger partial charge in [0.25, 0.3) is 11.8 Å². The molecule has 0 aliphatic carbocycles. The second kappa shape index (κ2) is 9.46. The Bertz CT molecular complexity index is 1280. The fourth-order valence-corrected chi connectivity index (χ4v) is 6.17. The van der Waals surface area contributed by atoms with Gasteiger partial charge in [-0.1, -0.05) is 58.5 Å². The van der Waals surface area contributed by atoms with Crippen LogP contribution >= 0.6 is 80.4 Å². The molecule has 5 nitrogen and oxygen atoms in total. The molecule has 0 atom stereocenters. The Labute approximate surface area is 208 Å². The van der Waals surface area contributed by atoms with Crippen molar-refractivity contribution in [3.05, 3.63) is 70.3 Å². The van der Waals surface area contributed by atoms with E-state index in [1.54, 1.807) is 12.1 Å². The summed E-state index contributed by atoms with van der Waals surface area (Å²) in [6, 6.07) is 10.2. The smallest absolute Gasteiger partial charge is 0.259 e. The first-order chi connectivity index (χ1) is 14.8. The molecule has 0 spiro atoms. The molecule has 0 unspecified atom stereocenters. The summed E-state index contributed by atoms with van der Waals surface area (Å²) in [5.74, 6) is -0.717. The highest BCUT2D eigenvalue weighted by atomic mass is 35.5. The first-order valence-corrected chi connectivity index (χ1v) is 12.4. The monoisotopic (exact) mass is 547 g/mol. The first-order valence-electron chi connectivity index (χ1n) is 8.38. The van der Waals surface area contributed by atoms with Gasteiger partial charge in [0.2, 0.25) is 0 Å². The van der Waals surface area contributed by atoms with Gasteiger partial charge in [0.05, 0.1) is 25.5 Å². The normalized spacial score (nSPS) is 10.8. The Hall–Kier alpha value is -1.65. The van der Waals surface area contributed by atoms with Crippen LogP contribution in [-0.4, -0.2) is 16.8 Å². The van der Waals surface area contributed by atoms with Crippen LogP contribution in [0.3, 0.4) is 0 Å². The van der Waals surface area contributed by atoms with E-state index in [-0.39, 0.29) is 11.8 Å². The number of rotatable bonds is 5. The lowest BCUT2D eigenvalue weighted by Crippen LogP contribution is -2.11. The summed E-state index contributed by atoms with van der Waals surface area (Å²) in [6.07, 6.45) is 0. The minimum Gasteiger partial charge on any atom is -0.322 e.